The summed E-state index contributed by atoms with van der Waals surface area (Å²) in [5.74, 6) is 0. The lowest BCUT2D eigenvalue weighted by atomic mass is 10.3. The molecular formula is C8H6BrN3O. The van der Waals surface area contributed by atoms with E-state index in [0.29, 0.717) is 16.9 Å². The third kappa shape index (κ3) is 1.25. The van der Waals surface area contributed by atoms with Gasteiger partial charge in [0.1, 0.15) is 0 Å². The van der Waals surface area contributed by atoms with Crippen LogP contribution in [0.4, 0.5) is 0 Å². The molecule has 2 rings (SSSR count). The van der Waals surface area contributed by atoms with Gasteiger partial charge in [0.15, 0.2) is 11.9 Å². The number of halogens is 1. The van der Waals surface area contributed by atoms with Crippen molar-refractivity contribution in [1.82, 2.24) is 14.6 Å². The molecule has 0 aliphatic rings. The van der Waals surface area contributed by atoms with Crippen LogP contribution in [0.15, 0.2) is 16.9 Å². The van der Waals surface area contributed by atoms with Crippen molar-refractivity contribution in [2.45, 2.75) is 6.92 Å². The van der Waals surface area contributed by atoms with Gasteiger partial charge in [-0.25, -0.2) is 9.50 Å². The molecule has 0 aliphatic heterocycles. The fourth-order valence-corrected chi connectivity index (χ4v) is 1.47. The van der Waals surface area contributed by atoms with Gasteiger partial charge in [-0.1, -0.05) is 0 Å². The van der Waals surface area contributed by atoms with Crippen molar-refractivity contribution in [3.8, 4) is 0 Å². The van der Waals surface area contributed by atoms with Crippen LogP contribution in [-0.4, -0.2) is 20.9 Å². The normalized spacial score (nSPS) is 10.6. The number of carbonyl (C=O) groups excluding carboxylic acids is 1. The predicted molar refractivity (Wildman–Crippen MR) is 50.8 cm³/mol. The molecular weight excluding hydrogens is 234 g/mol. The highest BCUT2D eigenvalue weighted by Crippen LogP contribution is 2.13. The van der Waals surface area contributed by atoms with Gasteiger partial charge in [-0.15, -0.1) is 0 Å². The van der Waals surface area contributed by atoms with Crippen molar-refractivity contribution in [3.05, 3.63) is 28.1 Å². The Kier molecular flexibility index (Phi) is 1.88. The Morgan fingerprint density at radius 1 is 1.62 bits per heavy atom. The Morgan fingerprint density at radius 2 is 2.38 bits per heavy atom. The first kappa shape index (κ1) is 8.37. The summed E-state index contributed by atoms with van der Waals surface area (Å²) >= 11 is 3.28. The maximum absolute atomic E-state index is 10.7. The summed E-state index contributed by atoms with van der Waals surface area (Å²) in [4.78, 5) is 14.8. The Labute approximate surface area is 82.7 Å². The van der Waals surface area contributed by atoms with E-state index in [1.165, 1.54) is 0 Å². The number of carbonyl (C=O) groups is 1. The number of aryl methyl sites for hydroxylation is 1. The number of nitrogens with zero attached hydrogens (tertiary/aromatic N) is 3. The van der Waals surface area contributed by atoms with Gasteiger partial charge in [-0.2, -0.15) is 5.10 Å². The zero-order valence-electron chi connectivity index (χ0n) is 6.86. The predicted octanol–water partition coefficient (Wildman–Crippen LogP) is 1.61. The topological polar surface area (TPSA) is 47.3 Å². The summed E-state index contributed by atoms with van der Waals surface area (Å²) in [6.07, 6.45) is 4.18. The third-order valence-electron chi connectivity index (χ3n) is 1.78. The molecule has 0 N–H and O–H groups in total. The van der Waals surface area contributed by atoms with Crippen LogP contribution in [0.25, 0.3) is 5.65 Å². The molecule has 0 saturated carbocycles. The molecule has 5 heteroatoms. The second-order valence-electron chi connectivity index (χ2n) is 2.66. The molecule has 0 bridgehead atoms. The summed E-state index contributed by atoms with van der Waals surface area (Å²) in [5.41, 5.74) is 1.84. The minimum absolute atomic E-state index is 0.549. The molecule has 66 valence electrons. The van der Waals surface area contributed by atoms with Gasteiger partial charge in [0.2, 0.25) is 0 Å². The standard InChI is InChI=1S/C8H6BrN3O/c1-5-7(4-13)8-10-2-6(9)3-12(8)11-5/h2-4H,1H3. The van der Waals surface area contributed by atoms with E-state index < -0.39 is 0 Å². The second kappa shape index (κ2) is 2.92. The van der Waals surface area contributed by atoms with Crippen LogP contribution in [0, 0.1) is 6.92 Å². The highest BCUT2D eigenvalue weighted by Gasteiger charge is 2.08. The average molecular weight is 240 g/mol. The molecule has 0 saturated heterocycles. The van der Waals surface area contributed by atoms with Crippen LogP contribution in [-0.2, 0) is 0 Å². The summed E-state index contributed by atoms with van der Waals surface area (Å²) < 4.78 is 2.42. The molecule has 0 aromatic carbocycles. The molecule has 13 heavy (non-hydrogen) atoms. The van der Waals surface area contributed by atoms with E-state index in [1.807, 2.05) is 0 Å². The van der Waals surface area contributed by atoms with Crippen molar-refractivity contribution in [2.24, 2.45) is 0 Å². The van der Waals surface area contributed by atoms with E-state index in [4.69, 9.17) is 0 Å². The fraction of sp³-hybridized carbons (Fsp3) is 0.125. The molecule has 0 unspecified atom stereocenters. The number of hydrogen-bond donors (Lipinski definition) is 0. The Bertz CT molecular complexity index is 477. The van der Waals surface area contributed by atoms with Crippen LogP contribution < -0.4 is 0 Å². The number of fused-ring (bicyclic) bond motifs is 1. The van der Waals surface area contributed by atoms with E-state index in [9.17, 15) is 4.79 Å². The summed E-state index contributed by atoms with van der Waals surface area (Å²) in [6, 6.07) is 0. The van der Waals surface area contributed by atoms with Crippen LogP contribution in [0.5, 0.6) is 0 Å². The quantitative estimate of drug-likeness (QED) is 0.711. The summed E-state index contributed by atoms with van der Waals surface area (Å²) in [7, 11) is 0. The molecule has 0 aliphatic carbocycles. The molecule has 0 radical (unpaired) electrons. The van der Waals surface area contributed by atoms with Crippen molar-refractivity contribution in [1.29, 1.82) is 0 Å². The first-order valence-electron chi connectivity index (χ1n) is 3.68. The van der Waals surface area contributed by atoms with Crippen molar-refractivity contribution in [3.63, 3.8) is 0 Å². The van der Waals surface area contributed by atoms with E-state index in [0.717, 1.165) is 10.8 Å². The molecule has 0 spiro atoms. The molecule has 2 aromatic rings. The van der Waals surface area contributed by atoms with Gasteiger partial charge < -0.3 is 0 Å². The van der Waals surface area contributed by atoms with E-state index in [2.05, 4.69) is 26.0 Å². The van der Waals surface area contributed by atoms with Crippen molar-refractivity contribution < 1.29 is 4.79 Å². The lowest BCUT2D eigenvalue weighted by Crippen LogP contribution is -1.89. The van der Waals surface area contributed by atoms with E-state index in [1.54, 1.807) is 23.8 Å². The zero-order chi connectivity index (χ0) is 9.42. The lowest BCUT2D eigenvalue weighted by molar-refractivity contribution is 0.112. The second-order valence-corrected chi connectivity index (χ2v) is 3.57. The first-order valence-corrected chi connectivity index (χ1v) is 4.47. The zero-order valence-corrected chi connectivity index (χ0v) is 8.45. The highest BCUT2D eigenvalue weighted by molar-refractivity contribution is 9.10. The minimum Gasteiger partial charge on any atom is -0.298 e. The molecule has 0 amide bonds. The molecule has 2 aromatic heterocycles. The molecule has 4 nitrogen and oxygen atoms in total. The lowest BCUT2D eigenvalue weighted by Gasteiger charge is -1.92. The van der Waals surface area contributed by atoms with Crippen LogP contribution in [0.1, 0.15) is 16.1 Å². The number of rotatable bonds is 1. The Morgan fingerprint density at radius 3 is 3.08 bits per heavy atom. The number of aldehydes is 1. The van der Waals surface area contributed by atoms with E-state index >= 15 is 0 Å². The minimum atomic E-state index is 0.549. The van der Waals surface area contributed by atoms with Crippen molar-refractivity contribution >= 4 is 27.9 Å². The van der Waals surface area contributed by atoms with Gasteiger partial charge in [0.05, 0.1) is 15.7 Å². The SMILES string of the molecule is Cc1nn2cc(Br)cnc2c1C=O. The fourth-order valence-electron chi connectivity index (χ4n) is 1.18. The maximum Gasteiger partial charge on any atom is 0.165 e. The average Bonchev–Trinajstić information content (AvgIpc) is 2.39. The maximum atomic E-state index is 10.7. The van der Waals surface area contributed by atoms with E-state index in [-0.39, 0.29) is 0 Å². The summed E-state index contributed by atoms with van der Waals surface area (Å²) in [6.45, 7) is 1.78. The van der Waals surface area contributed by atoms with Gasteiger partial charge in [0, 0.05) is 12.4 Å². The Balaban J connectivity index is 2.86. The smallest absolute Gasteiger partial charge is 0.165 e. The molecule has 2 heterocycles. The first-order chi connectivity index (χ1) is 6.22. The molecule has 0 atom stereocenters. The van der Waals surface area contributed by atoms with Gasteiger partial charge in [0.25, 0.3) is 0 Å². The largest absolute Gasteiger partial charge is 0.298 e. The number of aromatic nitrogens is 3. The van der Waals surface area contributed by atoms with Gasteiger partial charge in [-0.05, 0) is 22.9 Å². The van der Waals surface area contributed by atoms with Crippen LogP contribution in [0.2, 0.25) is 0 Å². The monoisotopic (exact) mass is 239 g/mol. The van der Waals surface area contributed by atoms with Gasteiger partial charge >= 0.3 is 0 Å². The van der Waals surface area contributed by atoms with Crippen LogP contribution >= 0.6 is 15.9 Å². The highest BCUT2D eigenvalue weighted by atomic mass is 79.9. The van der Waals surface area contributed by atoms with Gasteiger partial charge in [-0.3, -0.25) is 4.79 Å². The Hall–Kier alpha value is -1.23. The molecule has 0 fully saturated rings. The third-order valence-corrected chi connectivity index (χ3v) is 2.19. The summed E-state index contributed by atoms with van der Waals surface area (Å²) in [5, 5.41) is 4.14. The van der Waals surface area contributed by atoms with Crippen molar-refractivity contribution in [2.75, 3.05) is 0 Å². The van der Waals surface area contributed by atoms with Crippen LogP contribution in [0.3, 0.4) is 0 Å². The number of hydrogen-bond acceptors (Lipinski definition) is 3.